The van der Waals surface area contributed by atoms with Crippen molar-refractivity contribution >= 4 is 46.1 Å². The van der Waals surface area contributed by atoms with Crippen molar-refractivity contribution in [2.45, 2.75) is 109 Å². The van der Waals surface area contributed by atoms with Crippen LogP contribution in [0.2, 0.25) is 5.02 Å². The van der Waals surface area contributed by atoms with E-state index in [0.717, 1.165) is 37.7 Å². The van der Waals surface area contributed by atoms with Gasteiger partial charge in [-0.25, -0.2) is 4.79 Å². The van der Waals surface area contributed by atoms with Gasteiger partial charge in [0, 0.05) is 35.7 Å². The minimum atomic E-state index is -1.15. The van der Waals surface area contributed by atoms with E-state index in [1.165, 1.54) is 6.42 Å². The second kappa shape index (κ2) is 14.4. The molecule has 46 heavy (non-hydrogen) atoms. The highest BCUT2D eigenvalue weighted by Gasteiger charge is 2.46. The van der Waals surface area contributed by atoms with Gasteiger partial charge < -0.3 is 19.7 Å². The number of nitrogens with zero attached hydrogens (tertiary/aromatic N) is 1. The third-order valence-electron chi connectivity index (χ3n) is 10.5. The number of hydrogen-bond acceptors (Lipinski definition) is 5. The molecule has 2 aliphatic carbocycles. The summed E-state index contributed by atoms with van der Waals surface area (Å²) in [4.78, 5) is 56.9. The van der Waals surface area contributed by atoms with Gasteiger partial charge in [0.2, 0.25) is 5.91 Å². The van der Waals surface area contributed by atoms with Crippen molar-refractivity contribution in [3.8, 4) is 0 Å². The molecule has 8 nitrogen and oxygen atoms in total. The number of likely N-dealkylation sites (tertiary alicyclic amines) is 1. The molecule has 5 rings (SSSR count). The Bertz CT molecular complexity index is 1440. The smallest absolute Gasteiger partial charge is 0.353 e. The Kier molecular flexibility index (Phi) is 10.8. The van der Waals surface area contributed by atoms with Gasteiger partial charge in [0.15, 0.2) is 5.78 Å². The summed E-state index contributed by atoms with van der Waals surface area (Å²) in [6.45, 7) is 5.37. The number of nitrogens with one attached hydrogen (secondary N) is 1. The number of benzene rings is 1. The summed E-state index contributed by atoms with van der Waals surface area (Å²) in [5.41, 5.74) is 0.628. The second-order valence-electron chi connectivity index (χ2n) is 14.8. The molecule has 2 heterocycles. The highest BCUT2D eigenvalue weighted by Crippen LogP contribution is 2.42. The topological polar surface area (TPSA) is 117 Å². The fourth-order valence-corrected chi connectivity index (χ4v) is 8.60. The molecular weight excluding hydrogens is 611 g/mol. The van der Waals surface area contributed by atoms with Gasteiger partial charge in [-0.1, -0.05) is 49.8 Å². The predicted molar refractivity (Wildman–Crippen MR) is 175 cm³/mol. The van der Waals surface area contributed by atoms with Gasteiger partial charge in [0.05, 0.1) is 24.2 Å². The lowest BCUT2D eigenvalue weighted by Gasteiger charge is -2.37. The van der Waals surface area contributed by atoms with Gasteiger partial charge in [-0.2, -0.15) is 0 Å². The first-order valence-corrected chi connectivity index (χ1v) is 17.4. The standard InChI is InChI=1S/C36H48ClFN2O6/c1-36(2,3)46-30(42)19-25(20-38)22-10-12-24(13-11-22)34(43)40-16-15-26(23-7-5-4-6-8-23)33(40)29(41)18-21-9-14-28-27(17-21)31(37)32(39-28)35(44)45/h9,14,17,22-26,33,39H,4-8,10-13,15-16,18-20H2,1-3H3,(H,44,45)/t22?,24?,25-,26+,33+/m1/s1. The molecule has 1 aromatic carbocycles. The SMILES string of the molecule is CC(C)(C)OC(=O)C[C@H](CF)C1CCC(C(=O)N2CC[C@@H](C3CCCCC3)[C@H]2C(=O)Cc2ccc3[nH]c(C(=O)O)c(Cl)c3c2)CC1. The zero-order valence-corrected chi connectivity index (χ0v) is 28.0. The zero-order valence-electron chi connectivity index (χ0n) is 27.3. The first-order valence-electron chi connectivity index (χ1n) is 17.0. The number of fused-ring (bicyclic) bond motifs is 1. The number of Topliss-reactive ketones (excluding diaryl/α,β-unsaturated/α-hetero) is 1. The lowest BCUT2D eigenvalue weighted by atomic mass is 9.74. The molecule has 0 spiro atoms. The van der Waals surface area contributed by atoms with E-state index in [2.05, 4.69) is 4.98 Å². The van der Waals surface area contributed by atoms with E-state index in [1.807, 2.05) is 11.0 Å². The molecule has 1 aliphatic heterocycles. The molecule has 10 heteroatoms. The van der Waals surface area contributed by atoms with Crippen molar-refractivity contribution in [3.05, 3.63) is 34.5 Å². The van der Waals surface area contributed by atoms with Crippen LogP contribution in [-0.2, 0) is 25.5 Å². The molecule has 1 saturated heterocycles. The van der Waals surface area contributed by atoms with E-state index in [4.69, 9.17) is 16.3 Å². The molecule has 3 fully saturated rings. The number of carboxylic acids is 1. The fraction of sp³-hybridized carbons (Fsp3) is 0.667. The van der Waals surface area contributed by atoms with E-state index in [-0.39, 0.29) is 59.0 Å². The lowest BCUT2D eigenvalue weighted by Crippen LogP contribution is -2.48. The molecule has 0 unspecified atom stereocenters. The minimum absolute atomic E-state index is 0.00873. The highest BCUT2D eigenvalue weighted by molar-refractivity contribution is 6.38. The summed E-state index contributed by atoms with van der Waals surface area (Å²) in [5, 5.41) is 10.1. The number of carbonyl (C=O) groups is 4. The number of H-pyrrole nitrogens is 1. The second-order valence-corrected chi connectivity index (χ2v) is 15.2. The molecule has 1 amide bonds. The number of halogens is 2. The Balaban J connectivity index is 1.29. The molecule has 2 N–H and O–H groups in total. The monoisotopic (exact) mass is 658 g/mol. The third kappa shape index (κ3) is 7.77. The maximum absolute atomic E-state index is 14.2. The Morgan fingerprint density at radius 1 is 1.04 bits per heavy atom. The van der Waals surface area contributed by atoms with Crippen LogP contribution >= 0.6 is 11.6 Å². The van der Waals surface area contributed by atoms with E-state index < -0.39 is 30.2 Å². The fourth-order valence-electron chi connectivity index (χ4n) is 8.32. The molecule has 0 bridgehead atoms. The molecule has 0 radical (unpaired) electrons. The van der Waals surface area contributed by atoms with Crippen molar-refractivity contribution < 1.29 is 33.4 Å². The number of ketones is 1. The normalized spacial score (nSPS) is 25.0. The third-order valence-corrected chi connectivity index (χ3v) is 10.9. The average Bonchev–Trinajstić information content (AvgIpc) is 3.61. The number of aromatic carboxylic acids is 1. The quantitative estimate of drug-likeness (QED) is 0.255. The molecule has 3 aliphatic rings. The number of aromatic nitrogens is 1. The molecule has 2 aromatic rings. The minimum Gasteiger partial charge on any atom is -0.477 e. The maximum atomic E-state index is 14.2. The van der Waals surface area contributed by atoms with Gasteiger partial charge in [-0.15, -0.1) is 0 Å². The molecule has 2 saturated carbocycles. The van der Waals surface area contributed by atoms with Crippen LogP contribution in [0.1, 0.15) is 107 Å². The summed E-state index contributed by atoms with van der Waals surface area (Å²) in [6.07, 6.45) is 9.21. The number of rotatable bonds is 10. The van der Waals surface area contributed by atoms with Crippen molar-refractivity contribution in [1.82, 2.24) is 9.88 Å². The molecular formula is C36H48ClFN2O6. The number of hydrogen-bond donors (Lipinski definition) is 2. The van der Waals surface area contributed by atoms with Gasteiger partial charge >= 0.3 is 11.9 Å². The number of carboxylic acid groups (broad SMARTS) is 1. The van der Waals surface area contributed by atoms with Crippen LogP contribution in [0.3, 0.4) is 0 Å². The van der Waals surface area contributed by atoms with Crippen molar-refractivity contribution in [1.29, 1.82) is 0 Å². The van der Waals surface area contributed by atoms with Crippen molar-refractivity contribution in [2.24, 2.45) is 29.6 Å². The number of esters is 1. The first-order chi connectivity index (χ1) is 21.9. The molecule has 252 valence electrons. The Labute approximate surface area is 275 Å². The van der Waals surface area contributed by atoms with Crippen LogP contribution < -0.4 is 0 Å². The van der Waals surface area contributed by atoms with Crippen molar-refractivity contribution in [2.75, 3.05) is 13.2 Å². The van der Waals surface area contributed by atoms with E-state index in [9.17, 15) is 28.7 Å². The van der Waals surface area contributed by atoms with Crippen LogP contribution in [0.5, 0.6) is 0 Å². The first kappa shape index (κ1) is 34.4. The van der Waals surface area contributed by atoms with E-state index >= 15 is 0 Å². The van der Waals surface area contributed by atoms with Gasteiger partial charge in [0.1, 0.15) is 11.3 Å². The highest BCUT2D eigenvalue weighted by atomic mass is 35.5. The van der Waals surface area contributed by atoms with Gasteiger partial charge in [0.25, 0.3) is 0 Å². The van der Waals surface area contributed by atoms with Crippen LogP contribution in [0.25, 0.3) is 10.9 Å². The Morgan fingerprint density at radius 2 is 1.74 bits per heavy atom. The van der Waals surface area contributed by atoms with Gasteiger partial charge in [-0.3, -0.25) is 18.8 Å². The maximum Gasteiger partial charge on any atom is 0.353 e. The summed E-state index contributed by atoms with van der Waals surface area (Å²) < 4.78 is 19.5. The summed E-state index contributed by atoms with van der Waals surface area (Å²) >= 11 is 6.36. The Hall–Kier alpha value is -2.94. The summed E-state index contributed by atoms with van der Waals surface area (Å²) in [7, 11) is 0. The van der Waals surface area contributed by atoms with E-state index in [0.29, 0.717) is 49.0 Å². The van der Waals surface area contributed by atoms with Crippen LogP contribution in [0.4, 0.5) is 4.39 Å². The predicted octanol–water partition coefficient (Wildman–Crippen LogP) is 7.55. The molecule has 3 atom stereocenters. The van der Waals surface area contributed by atoms with Crippen LogP contribution in [0.15, 0.2) is 18.2 Å². The van der Waals surface area contributed by atoms with Crippen LogP contribution in [-0.4, -0.2) is 63.5 Å². The largest absolute Gasteiger partial charge is 0.477 e. The van der Waals surface area contributed by atoms with Gasteiger partial charge in [-0.05, 0) is 88.3 Å². The number of amides is 1. The average molecular weight is 659 g/mol. The van der Waals surface area contributed by atoms with Crippen LogP contribution in [0, 0.1) is 29.6 Å². The number of ether oxygens (including phenoxy) is 1. The lowest BCUT2D eigenvalue weighted by molar-refractivity contribution is -0.157. The number of carbonyl (C=O) groups excluding carboxylic acids is 3. The number of alkyl halides is 1. The summed E-state index contributed by atoms with van der Waals surface area (Å²) in [5.74, 6) is -1.59. The van der Waals surface area contributed by atoms with Crippen molar-refractivity contribution in [3.63, 3.8) is 0 Å². The van der Waals surface area contributed by atoms with E-state index in [1.54, 1.807) is 32.9 Å². The zero-order chi connectivity index (χ0) is 33.2. The number of aromatic amines is 1. The summed E-state index contributed by atoms with van der Waals surface area (Å²) in [6, 6.07) is 4.84. The molecule has 1 aromatic heterocycles. The Morgan fingerprint density at radius 3 is 2.37 bits per heavy atom.